The number of nitrogens with two attached hydrogens (primary N) is 2. The van der Waals surface area contributed by atoms with E-state index < -0.39 is 5.82 Å². The Kier molecular flexibility index (Phi) is 25.0. The van der Waals surface area contributed by atoms with Gasteiger partial charge in [0.15, 0.2) is 17.5 Å². The lowest BCUT2D eigenvalue weighted by molar-refractivity contribution is -0.143. The molecule has 1 amide bonds. The highest BCUT2D eigenvalue weighted by molar-refractivity contribution is 7.79. The number of amides is 1. The molecule has 14 nitrogen and oxygen atoms in total. The van der Waals surface area contributed by atoms with Crippen LogP contribution in [0.4, 0.5) is 4.39 Å². The molecule has 0 radical (unpaired) electrons. The number of allylic oxidation sites excluding steroid dienone is 2. The molecule has 1 atom stereocenters. The first-order chi connectivity index (χ1) is 24.0. The Morgan fingerprint density at radius 2 is 1.90 bits per heavy atom. The lowest BCUT2D eigenvalue weighted by Crippen LogP contribution is -2.32. The second-order valence-electron chi connectivity index (χ2n) is 10.9. The van der Waals surface area contributed by atoms with E-state index in [9.17, 15) is 14.0 Å². The fourth-order valence-electron chi connectivity index (χ4n) is 4.06. The smallest absolute Gasteiger partial charge is 0.305 e. The van der Waals surface area contributed by atoms with Gasteiger partial charge < -0.3 is 31.6 Å². The second kappa shape index (κ2) is 27.4. The van der Waals surface area contributed by atoms with E-state index in [0.29, 0.717) is 62.7 Å². The van der Waals surface area contributed by atoms with E-state index in [2.05, 4.69) is 57.0 Å². The van der Waals surface area contributed by atoms with Crippen molar-refractivity contribution in [1.82, 2.24) is 25.4 Å². The van der Waals surface area contributed by atoms with E-state index in [4.69, 9.17) is 25.9 Å². The maximum Gasteiger partial charge on any atom is 0.305 e. The minimum atomic E-state index is -0.409. The van der Waals surface area contributed by atoms with Gasteiger partial charge in [-0.15, -0.1) is 0 Å². The summed E-state index contributed by atoms with van der Waals surface area (Å²) in [6.07, 6.45) is 13.8. The number of halogens is 1. The summed E-state index contributed by atoms with van der Waals surface area (Å²) >= 11 is 3.53. The fourth-order valence-corrected chi connectivity index (χ4v) is 4.06. The van der Waals surface area contributed by atoms with Crippen LogP contribution < -0.4 is 22.1 Å². The number of esters is 1. The molecule has 0 aromatic carbocycles. The number of aromatic nitrogens is 3. The van der Waals surface area contributed by atoms with Crippen molar-refractivity contribution in [3.63, 3.8) is 0 Å². The Morgan fingerprint density at radius 1 is 1.18 bits per heavy atom. The van der Waals surface area contributed by atoms with Gasteiger partial charge >= 0.3 is 5.97 Å². The topological polar surface area (TPSA) is 196 Å². The number of hydrogen-bond donors (Lipinski definition) is 5. The van der Waals surface area contributed by atoms with Crippen LogP contribution in [-0.4, -0.2) is 91.1 Å². The Bertz CT molecular complexity index is 1390. The zero-order chi connectivity index (χ0) is 37.8. The average Bonchev–Trinajstić information content (AvgIpc) is 3.55. The quantitative estimate of drug-likeness (QED) is 0.0317. The molecule has 0 spiro atoms. The number of amidine groups is 1. The van der Waals surface area contributed by atoms with Crippen LogP contribution >= 0.6 is 12.6 Å². The average molecular weight is 719 g/mol. The highest BCUT2D eigenvalue weighted by Crippen LogP contribution is 2.19. The number of aliphatic imine (C=N–C) groups is 3. The predicted molar refractivity (Wildman–Crippen MR) is 202 cm³/mol. The van der Waals surface area contributed by atoms with Crippen molar-refractivity contribution in [3.8, 4) is 5.82 Å². The molecule has 0 saturated carbocycles. The van der Waals surface area contributed by atoms with Crippen LogP contribution in [0.5, 0.6) is 0 Å². The lowest BCUT2D eigenvalue weighted by Gasteiger charge is -2.27. The summed E-state index contributed by atoms with van der Waals surface area (Å²) < 4.78 is 24.7. The summed E-state index contributed by atoms with van der Waals surface area (Å²) in [6.45, 7) is 11.4. The summed E-state index contributed by atoms with van der Waals surface area (Å²) in [7, 11) is 3.64. The molecule has 2 rings (SSSR count). The molecular weight excluding hydrogens is 664 g/mol. The highest BCUT2D eigenvalue weighted by Gasteiger charge is 2.22. The Labute approximate surface area is 301 Å². The largest absolute Gasteiger partial charge is 0.466 e. The molecule has 0 aliphatic heterocycles. The van der Waals surface area contributed by atoms with Crippen LogP contribution in [0.15, 0.2) is 69.4 Å². The van der Waals surface area contributed by atoms with E-state index in [0.717, 1.165) is 43.3 Å². The van der Waals surface area contributed by atoms with Crippen molar-refractivity contribution in [2.45, 2.75) is 71.4 Å². The van der Waals surface area contributed by atoms with Crippen molar-refractivity contribution in [3.05, 3.63) is 65.8 Å². The van der Waals surface area contributed by atoms with Gasteiger partial charge in [-0.25, -0.2) is 24.0 Å². The number of pyridine rings is 1. The number of carbonyl (C=O) groups is 2. The fraction of sp³-hybridized carbons (Fsp3) is 0.500. The van der Waals surface area contributed by atoms with Gasteiger partial charge in [0.1, 0.15) is 5.84 Å². The van der Waals surface area contributed by atoms with E-state index in [1.807, 2.05) is 7.05 Å². The normalized spacial score (nSPS) is 13.2. The highest BCUT2D eigenvalue weighted by atomic mass is 32.1. The first-order valence-electron chi connectivity index (χ1n) is 16.1. The van der Waals surface area contributed by atoms with Crippen LogP contribution in [0.2, 0.25) is 0 Å². The molecule has 16 heteroatoms. The van der Waals surface area contributed by atoms with Gasteiger partial charge in [-0.3, -0.25) is 14.6 Å². The predicted octanol–water partition coefficient (Wildman–Crippen LogP) is 3.92. The number of nitrogens with zero attached hydrogens (tertiary/aromatic N) is 6. The Morgan fingerprint density at radius 3 is 2.44 bits per heavy atom. The Balaban J connectivity index is 0.00000110. The molecule has 0 bridgehead atoms. The third-order valence-corrected chi connectivity index (χ3v) is 6.78. The molecule has 0 aliphatic carbocycles. The van der Waals surface area contributed by atoms with Crippen LogP contribution in [0.25, 0.3) is 5.82 Å². The van der Waals surface area contributed by atoms with Crippen molar-refractivity contribution in [2.75, 3.05) is 40.1 Å². The van der Waals surface area contributed by atoms with Gasteiger partial charge in [0.2, 0.25) is 6.41 Å². The summed E-state index contributed by atoms with van der Waals surface area (Å²) in [5, 5.41) is 9.46. The van der Waals surface area contributed by atoms with Crippen LogP contribution in [0, 0.1) is 5.82 Å². The molecule has 2 heterocycles. The van der Waals surface area contributed by atoms with Crippen LogP contribution in [-0.2, 0) is 25.6 Å². The molecule has 278 valence electrons. The SMILES string of the molecule is C=NC(=C\C(CCCCC(=O)OCC)=NCCC(C)(CCNC)OC)/N=C(N)\C=C(\C)N.CS.O=CNCc1ccc(-n2cc(F)cn2)nc1. The molecule has 0 saturated heterocycles. The van der Waals surface area contributed by atoms with Gasteiger partial charge in [-0.05, 0) is 97.1 Å². The van der Waals surface area contributed by atoms with Crippen molar-refractivity contribution < 1.29 is 23.5 Å². The van der Waals surface area contributed by atoms with Crippen LogP contribution in [0.1, 0.15) is 64.9 Å². The Hall–Kier alpha value is -4.41. The number of nitrogens with one attached hydrogen (secondary N) is 2. The number of ether oxygens (including phenoxy) is 2. The zero-order valence-corrected chi connectivity index (χ0v) is 31.1. The number of carbonyl (C=O) groups excluding carboxylic acids is 2. The maximum absolute atomic E-state index is 12.7. The standard InChI is InChI=1S/C23H42N6O3.C10H9FN4O.CH4S/c1-7-32-22(30)11-9-8-10-19(17-21(27-5)29-20(25)16-18(2)24)28-15-13-23(3,31-6)12-14-26-4;11-9-5-14-15(6-9)10-2-1-8(4-13-10)3-12-7-16;1-2/h16-17,26H,5,7-15,24H2,1-4,6H3,(H2,25,29);1-2,4-7H,3H2,(H,12,16);2H,1H3/b18-16-,21-17+,28-19?;;. The minimum absolute atomic E-state index is 0.184. The van der Waals surface area contributed by atoms with Crippen molar-refractivity contribution >= 4 is 43.3 Å². The number of rotatable bonds is 21. The van der Waals surface area contributed by atoms with Crippen molar-refractivity contribution in [2.24, 2.45) is 26.4 Å². The molecule has 0 aliphatic rings. The molecular formula is C34H55FN10O4S. The summed E-state index contributed by atoms with van der Waals surface area (Å²) in [4.78, 5) is 38.7. The van der Waals surface area contributed by atoms with Gasteiger partial charge in [-0.2, -0.15) is 17.7 Å². The number of thiol groups is 1. The summed E-state index contributed by atoms with van der Waals surface area (Å²) in [5.74, 6) is 0.530. The molecule has 0 fully saturated rings. The molecule has 2 aromatic heterocycles. The minimum Gasteiger partial charge on any atom is -0.466 e. The monoisotopic (exact) mass is 718 g/mol. The van der Waals surface area contributed by atoms with E-state index >= 15 is 0 Å². The first-order valence-corrected chi connectivity index (χ1v) is 17.0. The lowest BCUT2D eigenvalue weighted by atomic mass is 9.97. The number of methoxy groups -OCH3 is 1. The van der Waals surface area contributed by atoms with E-state index in [1.165, 1.54) is 10.9 Å². The summed E-state index contributed by atoms with van der Waals surface area (Å²) in [5.41, 5.74) is 13.5. The van der Waals surface area contributed by atoms with Gasteiger partial charge in [-0.1, -0.05) is 6.07 Å². The van der Waals surface area contributed by atoms with Gasteiger partial charge in [0.05, 0.1) is 24.6 Å². The van der Waals surface area contributed by atoms with Gasteiger partial charge in [0, 0.05) is 50.3 Å². The third kappa shape index (κ3) is 20.8. The third-order valence-electron chi connectivity index (χ3n) is 6.78. The van der Waals surface area contributed by atoms with Crippen LogP contribution in [0.3, 0.4) is 0 Å². The number of unbranched alkanes of at least 4 members (excludes halogenated alkanes) is 1. The maximum atomic E-state index is 12.7. The molecule has 1 unspecified atom stereocenters. The van der Waals surface area contributed by atoms with E-state index in [-0.39, 0.29) is 17.4 Å². The summed E-state index contributed by atoms with van der Waals surface area (Å²) in [6, 6.07) is 3.49. The molecule has 6 N–H and O–H groups in total. The van der Waals surface area contributed by atoms with Gasteiger partial charge in [0.25, 0.3) is 0 Å². The first kappa shape index (κ1) is 45.6. The van der Waals surface area contributed by atoms with E-state index in [1.54, 1.807) is 57.7 Å². The molecule has 50 heavy (non-hydrogen) atoms. The zero-order valence-electron chi connectivity index (χ0n) is 30.2. The molecule has 2 aromatic rings. The number of hydrogen-bond acceptors (Lipinski definition) is 12. The second-order valence-corrected chi connectivity index (χ2v) is 10.9. The van der Waals surface area contributed by atoms with Crippen molar-refractivity contribution in [1.29, 1.82) is 0 Å².